The molecule has 112 valence electrons. The van der Waals surface area contributed by atoms with Crippen LogP contribution in [0.1, 0.15) is 26.5 Å². The maximum Gasteiger partial charge on any atom is 0.332 e. The highest BCUT2D eigenvalue weighted by molar-refractivity contribution is 5.60. The molecule has 0 aliphatic rings. The molecule has 0 bridgehead atoms. The summed E-state index contributed by atoms with van der Waals surface area (Å²) in [6.07, 6.45) is 0. The van der Waals surface area contributed by atoms with Crippen LogP contribution < -0.4 is 10.6 Å². The van der Waals surface area contributed by atoms with Gasteiger partial charge in [0.05, 0.1) is 10.5 Å². The Kier molecular flexibility index (Phi) is 5.20. The van der Waals surface area contributed by atoms with Gasteiger partial charge in [-0.05, 0) is 27.7 Å². The van der Waals surface area contributed by atoms with E-state index in [-0.39, 0.29) is 11.5 Å². The highest BCUT2D eigenvalue weighted by Gasteiger charge is 2.24. The van der Waals surface area contributed by atoms with Gasteiger partial charge in [-0.15, -0.1) is 0 Å². The van der Waals surface area contributed by atoms with E-state index in [0.717, 1.165) is 0 Å². The van der Waals surface area contributed by atoms with Gasteiger partial charge in [0.1, 0.15) is 5.69 Å². The van der Waals surface area contributed by atoms with Crippen LogP contribution in [0, 0.1) is 17.0 Å². The van der Waals surface area contributed by atoms with Gasteiger partial charge in [-0.25, -0.2) is 4.98 Å². The molecule has 1 aromatic heterocycles. The van der Waals surface area contributed by atoms with Crippen molar-refractivity contribution in [3.05, 3.63) is 15.8 Å². The number of nitrogens with zero attached hydrogens (tertiary/aromatic N) is 3. The molecule has 0 aliphatic carbocycles. The van der Waals surface area contributed by atoms with E-state index < -0.39 is 10.5 Å². The number of hydrogen-bond acceptors (Lipinski definition) is 7. The molecule has 1 heterocycles. The Bertz CT molecular complexity index is 490. The lowest BCUT2D eigenvalue weighted by atomic mass is 10.1. The van der Waals surface area contributed by atoms with Crippen LogP contribution in [0.4, 0.5) is 17.5 Å². The van der Waals surface area contributed by atoms with E-state index in [4.69, 9.17) is 4.74 Å². The zero-order valence-electron chi connectivity index (χ0n) is 12.5. The molecule has 2 N–H and O–H groups in total. The standard InChI is InChI=1S/C12H21N5O3/c1-6-13-11-15-8(2)9(17(18)19)10(16-11)14-7-12(3,4)20-5/h6-7H2,1-5H3,(H2,13,14,15,16). The number of ether oxygens (including phenoxy) is 1. The third-order valence-corrected chi connectivity index (χ3v) is 2.81. The van der Waals surface area contributed by atoms with Gasteiger partial charge in [0, 0.05) is 20.2 Å². The molecule has 0 spiro atoms. The van der Waals surface area contributed by atoms with Crippen LogP contribution >= 0.6 is 0 Å². The van der Waals surface area contributed by atoms with Gasteiger partial charge in [-0.2, -0.15) is 4.98 Å². The molecular formula is C12H21N5O3. The van der Waals surface area contributed by atoms with E-state index in [9.17, 15) is 10.1 Å². The molecular weight excluding hydrogens is 262 g/mol. The molecule has 20 heavy (non-hydrogen) atoms. The number of methoxy groups -OCH3 is 1. The van der Waals surface area contributed by atoms with Crippen LogP contribution in [0.25, 0.3) is 0 Å². The first-order valence-electron chi connectivity index (χ1n) is 6.36. The summed E-state index contributed by atoms with van der Waals surface area (Å²) in [6.45, 7) is 8.29. The zero-order valence-corrected chi connectivity index (χ0v) is 12.5. The van der Waals surface area contributed by atoms with Gasteiger partial charge in [-0.3, -0.25) is 10.1 Å². The molecule has 0 aliphatic heterocycles. The lowest BCUT2D eigenvalue weighted by Gasteiger charge is -2.23. The first kappa shape index (κ1) is 16.1. The second-order valence-electron chi connectivity index (χ2n) is 4.93. The van der Waals surface area contributed by atoms with Crippen LogP contribution in [0.15, 0.2) is 0 Å². The third-order valence-electron chi connectivity index (χ3n) is 2.81. The summed E-state index contributed by atoms with van der Waals surface area (Å²) in [5.41, 5.74) is -0.248. The van der Waals surface area contributed by atoms with Crippen LogP contribution in [0.2, 0.25) is 0 Å². The summed E-state index contributed by atoms with van der Waals surface area (Å²) in [5.74, 6) is 0.567. The Balaban J connectivity index is 3.10. The first-order chi connectivity index (χ1) is 9.30. The van der Waals surface area contributed by atoms with E-state index in [2.05, 4.69) is 20.6 Å². The maximum absolute atomic E-state index is 11.1. The molecule has 0 saturated heterocycles. The highest BCUT2D eigenvalue weighted by atomic mass is 16.6. The van der Waals surface area contributed by atoms with Crippen molar-refractivity contribution < 1.29 is 9.66 Å². The molecule has 0 unspecified atom stereocenters. The predicted octanol–water partition coefficient (Wildman–Crippen LogP) is 1.96. The average molecular weight is 283 g/mol. The molecule has 0 aromatic carbocycles. The topological polar surface area (TPSA) is 102 Å². The smallest absolute Gasteiger partial charge is 0.332 e. The Morgan fingerprint density at radius 3 is 2.50 bits per heavy atom. The largest absolute Gasteiger partial charge is 0.377 e. The number of anilines is 2. The monoisotopic (exact) mass is 283 g/mol. The summed E-state index contributed by atoms with van der Waals surface area (Å²) < 4.78 is 5.28. The van der Waals surface area contributed by atoms with Crippen LogP contribution in [0.5, 0.6) is 0 Å². The fourth-order valence-corrected chi connectivity index (χ4v) is 1.51. The number of hydrogen-bond donors (Lipinski definition) is 2. The first-order valence-corrected chi connectivity index (χ1v) is 6.36. The van der Waals surface area contributed by atoms with Gasteiger partial charge < -0.3 is 15.4 Å². The summed E-state index contributed by atoms with van der Waals surface area (Å²) >= 11 is 0. The van der Waals surface area contributed by atoms with Crippen molar-refractivity contribution in [2.45, 2.75) is 33.3 Å². The number of nitrogens with one attached hydrogen (secondary N) is 2. The fraction of sp³-hybridized carbons (Fsp3) is 0.667. The van der Waals surface area contributed by atoms with Crippen molar-refractivity contribution >= 4 is 17.5 Å². The van der Waals surface area contributed by atoms with Crippen molar-refractivity contribution in [2.24, 2.45) is 0 Å². The van der Waals surface area contributed by atoms with Crippen molar-refractivity contribution in [1.29, 1.82) is 0 Å². The molecule has 0 atom stereocenters. The summed E-state index contributed by atoms with van der Waals surface area (Å²) in [4.78, 5) is 18.9. The van der Waals surface area contributed by atoms with E-state index in [1.807, 2.05) is 20.8 Å². The molecule has 0 fully saturated rings. The van der Waals surface area contributed by atoms with Gasteiger partial charge in [-0.1, -0.05) is 0 Å². The van der Waals surface area contributed by atoms with Crippen LogP contribution in [0.3, 0.4) is 0 Å². The van der Waals surface area contributed by atoms with Crippen LogP contribution in [-0.2, 0) is 4.74 Å². The van der Waals surface area contributed by atoms with Gasteiger partial charge in [0.15, 0.2) is 0 Å². The Morgan fingerprint density at radius 1 is 1.35 bits per heavy atom. The molecule has 8 nitrogen and oxygen atoms in total. The van der Waals surface area contributed by atoms with Gasteiger partial charge in [0.25, 0.3) is 0 Å². The third kappa shape index (κ3) is 4.02. The molecule has 0 amide bonds. The minimum absolute atomic E-state index is 0.112. The fourth-order valence-electron chi connectivity index (χ4n) is 1.51. The Morgan fingerprint density at radius 2 is 2.00 bits per heavy atom. The zero-order chi connectivity index (χ0) is 15.3. The van der Waals surface area contributed by atoms with Crippen molar-refractivity contribution in [2.75, 3.05) is 30.8 Å². The Labute approximate surface area is 118 Å². The van der Waals surface area contributed by atoms with Crippen LogP contribution in [-0.4, -0.2) is 40.7 Å². The second kappa shape index (κ2) is 6.47. The average Bonchev–Trinajstić information content (AvgIpc) is 2.36. The molecule has 1 aromatic rings. The predicted molar refractivity (Wildman–Crippen MR) is 77.2 cm³/mol. The normalized spacial score (nSPS) is 11.2. The highest BCUT2D eigenvalue weighted by Crippen LogP contribution is 2.27. The maximum atomic E-state index is 11.1. The van der Waals surface area contributed by atoms with Crippen molar-refractivity contribution in [1.82, 2.24) is 9.97 Å². The van der Waals surface area contributed by atoms with Crippen molar-refractivity contribution in [3.63, 3.8) is 0 Å². The number of aromatic nitrogens is 2. The number of aryl methyl sites for hydroxylation is 1. The van der Waals surface area contributed by atoms with E-state index in [1.165, 1.54) is 0 Å². The molecule has 0 saturated carbocycles. The van der Waals surface area contributed by atoms with E-state index in [0.29, 0.717) is 24.7 Å². The quantitative estimate of drug-likeness (QED) is 0.582. The lowest BCUT2D eigenvalue weighted by Crippen LogP contribution is -2.32. The van der Waals surface area contributed by atoms with E-state index >= 15 is 0 Å². The summed E-state index contributed by atoms with van der Waals surface area (Å²) in [5, 5.41) is 17.1. The number of nitro groups is 1. The van der Waals surface area contributed by atoms with Crippen molar-refractivity contribution in [3.8, 4) is 0 Å². The SMILES string of the molecule is CCNc1nc(C)c([N+](=O)[O-])c(NCC(C)(C)OC)n1. The summed E-state index contributed by atoms with van der Waals surface area (Å²) in [6, 6.07) is 0. The Hall–Kier alpha value is -1.96. The second-order valence-corrected chi connectivity index (χ2v) is 4.93. The molecule has 0 radical (unpaired) electrons. The number of rotatable bonds is 7. The minimum atomic E-state index is -0.479. The van der Waals surface area contributed by atoms with Gasteiger partial charge in [0.2, 0.25) is 11.8 Å². The van der Waals surface area contributed by atoms with Gasteiger partial charge >= 0.3 is 5.69 Å². The molecule has 1 rings (SSSR count). The summed E-state index contributed by atoms with van der Waals surface area (Å²) in [7, 11) is 1.59. The molecule has 8 heteroatoms. The minimum Gasteiger partial charge on any atom is -0.377 e. The lowest BCUT2D eigenvalue weighted by molar-refractivity contribution is -0.385. The van der Waals surface area contributed by atoms with E-state index in [1.54, 1.807) is 14.0 Å².